The van der Waals surface area contributed by atoms with E-state index in [1.807, 2.05) is 0 Å². The van der Waals surface area contributed by atoms with Crippen molar-refractivity contribution >= 4 is 21.4 Å². The third-order valence-corrected chi connectivity index (χ3v) is 5.30. The minimum Gasteiger partial charge on any atom is -0.381 e. The monoisotopic (exact) mass is 268 g/mol. The highest BCUT2D eigenvalue weighted by Crippen LogP contribution is 2.29. The molecule has 1 saturated heterocycles. The Hall–Kier alpha value is 0.200. The summed E-state index contributed by atoms with van der Waals surface area (Å²) in [5, 5.41) is 0. The molecular weight excluding hydrogens is 248 g/mol. The molecule has 2 unspecified atom stereocenters. The number of rotatable bonds is 7. The average molecular weight is 269 g/mol. The standard InChI is InChI=1S/C11H21ClO3S/c1-2-5-15-6-3-10(8-12)11-4-7-16(13,14)9-11/h10-11H,2-9H2,1H3. The topological polar surface area (TPSA) is 43.4 Å². The lowest BCUT2D eigenvalue weighted by Crippen LogP contribution is -2.20. The van der Waals surface area contributed by atoms with Gasteiger partial charge in [-0.05, 0) is 31.1 Å². The largest absolute Gasteiger partial charge is 0.381 e. The summed E-state index contributed by atoms with van der Waals surface area (Å²) in [5.41, 5.74) is 0. The molecule has 0 aromatic rings. The summed E-state index contributed by atoms with van der Waals surface area (Å²) in [6.07, 6.45) is 2.67. The van der Waals surface area contributed by atoms with Crippen LogP contribution in [-0.2, 0) is 14.6 Å². The Morgan fingerprint density at radius 3 is 2.69 bits per heavy atom. The predicted octanol–water partition coefficient (Wildman–Crippen LogP) is 2.09. The summed E-state index contributed by atoms with van der Waals surface area (Å²) in [6, 6.07) is 0. The van der Waals surface area contributed by atoms with Crippen LogP contribution in [0.1, 0.15) is 26.2 Å². The van der Waals surface area contributed by atoms with E-state index < -0.39 is 9.84 Å². The Morgan fingerprint density at radius 2 is 2.19 bits per heavy atom. The normalized spacial score (nSPS) is 25.8. The molecule has 0 radical (unpaired) electrons. The van der Waals surface area contributed by atoms with Crippen molar-refractivity contribution in [2.24, 2.45) is 11.8 Å². The number of ether oxygens (including phenoxy) is 1. The van der Waals surface area contributed by atoms with Crippen LogP contribution in [0.5, 0.6) is 0 Å². The summed E-state index contributed by atoms with van der Waals surface area (Å²) in [5.74, 6) is 1.72. The van der Waals surface area contributed by atoms with Crippen molar-refractivity contribution in [2.45, 2.75) is 26.2 Å². The van der Waals surface area contributed by atoms with E-state index >= 15 is 0 Å². The molecule has 0 saturated carbocycles. The van der Waals surface area contributed by atoms with Crippen LogP contribution in [0.25, 0.3) is 0 Å². The van der Waals surface area contributed by atoms with Crippen LogP contribution in [0, 0.1) is 11.8 Å². The van der Waals surface area contributed by atoms with Crippen LogP contribution in [-0.4, -0.2) is 39.0 Å². The minimum atomic E-state index is -2.79. The van der Waals surface area contributed by atoms with Crippen LogP contribution in [0.15, 0.2) is 0 Å². The van der Waals surface area contributed by atoms with Crippen molar-refractivity contribution in [3.05, 3.63) is 0 Å². The van der Waals surface area contributed by atoms with E-state index in [2.05, 4.69) is 6.92 Å². The Labute approximate surface area is 103 Å². The Kier molecular flexibility index (Phi) is 6.08. The van der Waals surface area contributed by atoms with E-state index in [1.54, 1.807) is 0 Å². The number of alkyl halides is 1. The first-order valence-electron chi connectivity index (χ1n) is 5.93. The number of hydrogen-bond donors (Lipinski definition) is 0. The zero-order valence-electron chi connectivity index (χ0n) is 9.82. The third kappa shape index (κ3) is 4.60. The minimum absolute atomic E-state index is 0.243. The highest BCUT2D eigenvalue weighted by atomic mass is 35.5. The van der Waals surface area contributed by atoms with Gasteiger partial charge < -0.3 is 4.74 Å². The van der Waals surface area contributed by atoms with E-state index in [-0.39, 0.29) is 11.8 Å². The quantitative estimate of drug-likeness (QED) is 0.525. The number of hydrogen-bond acceptors (Lipinski definition) is 3. The van der Waals surface area contributed by atoms with Crippen LogP contribution >= 0.6 is 11.6 Å². The molecule has 0 bridgehead atoms. The van der Waals surface area contributed by atoms with E-state index in [0.717, 1.165) is 25.9 Å². The smallest absolute Gasteiger partial charge is 0.150 e. The first kappa shape index (κ1) is 14.3. The van der Waals surface area contributed by atoms with Gasteiger partial charge in [0.1, 0.15) is 0 Å². The van der Waals surface area contributed by atoms with Gasteiger partial charge in [-0.3, -0.25) is 0 Å². The fourth-order valence-electron chi connectivity index (χ4n) is 2.12. The number of sulfone groups is 1. The Morgan fingerprint density at radius 1 is 1.44 bits per heavy atom. The molecule has 0 amide bonds. The van der Waals surface area contributed by atoms with Gasteiger partial charge >= 0.3 is 0 Å². The molecule has 1 rings (SSSR count). The lowest BCUT2D eigenvalue weighted by molar-refractivity contribution is 0.116. The molecule has 0 aliphatic carbocycles. The summed E-state index contributed by atoms with van der Waals surface area (Å²) in [6.45, 7) is 3.54. The van der Waals surface area contributed by atoms with Crippen LogP contribution in [0.4, 0.5) is 0 Å². The van der Waals surface area contributed by atoms with Gasteiger partial charge in [-0.2, -0.15) is 0 Å². The summed E-state index contributed by atoms with van der Waals surface area (Å²) < 4.78 is 28.1. The molecular formula is C11H21ClO3S. The highest BCUT2D eigenvalue weighted by molar-refractivity contribution is 7.91. The lowest BCUT2D eigenvalue weighted by atomic mass is 9.91. The van der Waals surface area contributed by atoms with E-state index in [0.29, 0.717) is 24.0 Å². The van der Waals surface area contributed by atoms with Crippen LogP contribution < -0.4 is 0 Å². The first-order chi connectivity index (χ1) is 7.59. The molecule has 0 aromatic carbocycles. The molecule has 0 spiro atoms. The predicted molar refractivity (Wildman–Crippen MR) is 66.7 cm³/mol. The van der Waals surface area contributed by atoms with E-state index in [9.17, 15) is 8.42 Å². The van der Waals surface area contributed by atoms with Gasteiger partial charge in [0.2, 0.25) is 0 Å². The SMILES string of the molecule is CCCOCCC(CCl)C1CCS(=O)(=O)C1. The van der Waals surface area contributed by atoms with Gasteiger partial charge in [0.15, 0.2) is 9.84 Å². The molecule has 3 nitrogen and oxygen atoms in total. The van der Waals surface area contributed by atoms with Gasteiger partial charge in [0, 0.05) is 19.1 Å². The molecule has 1 fully saturated rings. The molecule has 0 aromatic heterocycles. The Balaban J connectivity index is 2.31. The number of halogens is 1. The summed E-state index contributed by atoms with van der Waals surface area (Å²) >= 11 is 5.90. The summed E-state index contributed by atoms with van der Waals surface area (Å²) in [4.78, 5) is 0. The second kappa shape index (κ2) is 6.82. The van der Waals surface area contributed by atoms with Crippen molar-refractivity contribution in [1.82, 2.24) is 0 Å². The fraction of sp³-hybridized carbons (Fsp3) is 1.00. The van der Waals surface area contributed by atoms with Gasteiger partial charge in [0.25, 0.3) is 0 Å². The van der Waals surface area contributed by atoms with E-state index in [1.165, 1.54) is 0 Å². The van der Waals surface area contributed by atoms with Gasteiger partial charge in [-0.25, -0.2) is 8.42 Å². The maximum Gasteiger partial charge on any atom is 0.150 e. The van der Waals surface area contributed by atoms with Crippen molar-refractivity contribution in [3.8, 4) is 0 Å². The van der Waals surface area contributed by atoms with Gasteiger partial charge in [-0.1, -0.05) is 6.92 Å². The summed E-state index contributed by atoms with van der Waals surface area (Å²) in [7, 11) is -2.79. The molecule has 0 N–H and O–H groups in total. The average Bonchev–Trinajstić information content (AvgIpc) is 2.59. The fourth-order valence-corrected chi connectivity index (χ4v) is 4.44. The van der Waals surface area contributed by atoms with Crippen molar-refractivity contribution in [1.29, 1.82) is 0 Å². The third-order valence-electron chi connectivity index (χ3n) is 3.11. The second-order valence-electron chi connectivity index (χ2n) is 4.48. The molecule has 1 aliphatic heterocycles. The maximum absolute atomic E-state index is 11.4. The zero-order chi connectivity index (χ0) is 12.0. The lowest BCUT2D eigenvalue weighted by Gasteiger charge is -2.19. The molecule has 2 atom stereocenters. The second-order valence-corrected chi connectivity index (χ2v) is 7.02. The van der Waals surface area contributed by atoms with Gasteiger partial charge in [0.05, 0.1) is 11.5 Å². The molecule has 1 heterocycles. The van der Waals surface area contributed by atoms with Crippen LogP contribution in [0.3, 0.4) is 0 Å². The molecule has 16 heavy (non-hydrogen) atoms. The van der Waals surface area contributed by atoms with Crippen LogP contribution in [0.2, 0.25) is 0 Å². The van der Waals surface area contributed by atoms with Gasteiger partial charge in [-0.15, -0.1) is 11.6 Å². The van der Waals surface area contributed by atoms with Crippen molar-refractivity contribution in [3.63, 3.8) is 0 Å². The Bertz CT molecular complexity index is 290. The van der Waals surface area contributed by atoms with Crippen molar-refractivity contribution < 1.29 is 13.2 Å². The van der Waals surface area contributed by atoms with E-state index in [4.69, 9.17) is 16.3 Å². The molecule has 96 valence electrons. The highest BCUT2D eigenvalue weighted by Gasteiger charge is 2.32. The maximum atomic E-state index is 11.4. The molecule has 5 heteroatoms. The first-order valence-corrected chi connectivity index (χ1v) is 8.28. The zero-order valence-corrected chi connectivity index (χ0v) is 11.4. The van der Waals surface area contributed by atoms with Crippen molar-refractivity contribution in [2.75, 3.05) is 30.6 Å². The molecule has 1 aliphatic rings.